The minimum atomic E-state index is -0.432. The number of nitrogens with zero attached hydrogens (tertiary/aromatic N) is 1. The van der Waals surface area contributed by atoms with Crippen molar-refractivity contribution < 1.29 is 18.4 Å². The van der Waals surface area contributed by atoms with Crippen molar-refractivity contribution in [2.24, 2.45) is 0 Å². The average Bonchev–Trinajstić information content (AvgIpc) is 3.29. The van der Waals surface area contributed by atoms with E-state index in [1.54, 1.807) is 42.5 Å². The molecule has 0 saturated carbocycles. The van der Waals surface area contributed by atoms with Gasteiger partial charge in [-0.3, -0.25) is 14.5 Å². The number of hydrogen-bond donors (Lipinski definition) is 1. The summed E-state index contributed by atoms with van der Waals surface area (Å²) in [4.78, 5) is 37.9. The van der Waals surface area contributed by atoms with Gasteiger partial charge in [-0.05, 0) is 36.4 Å². The molecule has 0 spiro atoms. The summed E-state index contributed by atoms with van der Waals surface area (Å²) >= 11 is 6.44. The zero-order chi connectivity index (χ0) is 20.4. The maximum Gasteiger partial charge on any atom is 0.336 e. The molecule has 1 aromatic carbocycles. The van der Waals surface area contributed by atoms with Crippen LogP contribution in [-0.2, 0) is 9.59 Å². The monoisotopic (exact) mass is 426 g/mol. The standard InChI is InChI=1S/C20H14N2O5S2/c23-17(21-13-4-5-15-12(10-13)3-6-18(24)27-15)7-8-22-19(25)16(29-20(22)28)11-14-2-1-9-26-14/h1-6,9-11H,7-8H2,(H,21,23). The predicted molar refractivity (Wildman–Crippen MR) is 114 cm³/mol. The van der Waals surface area contributed by atoms with E-state index in [0.717, 1.165) is 0 Å². The number of fused-ring (bicyclic) bond motifs is 1. The quantitative estimate of drug-likeness (QED) is 0.378. The molecule has 1 saturated heterocycles. The van der Waals surface area contributed by atoms with Crippen molar-refractivity contribution in [1.82, 2.24) is 4.90 Å². The Kier molecular flexibility index (Phi) is 5.32. The van der Waals surface area contributed by atoms with Gasteiger partial charge >= 0.3 is 5.63 Å². The van der Waals surface area contributed by atoms with Crippen LogP contribution in [0, 0.1) is 0 Å². The number of hydrogen-bond acceptors (Lipinski definition) is 7. The van der Waals surface area contributed by atoms with Crippen molar-refractivity contribution in [3.8, 4) is 0 Å². The summed E-state index contributed by atoms with van der Waals surface area (Å²) in [7, 11) is 0. The molecule has 1 N–H and O–H groups in total. The summed E-state index contributed by atoms with van der Waals surface area (Å²) in [6.45, 7) is 0.175. The molecule has 1 fully saturated rings. The summed E-state index contributed by atoms with van der Waals surface area (Å²) in [5, 5.41) is 3.47. The molecule has 2 aromatic heterocycles. The third-order valence-electron chi connectivity index (χ3n) is 4.16. The van der Waals surface area contributed by atoms with Gasteiger partial charge in [0, 0.05) is 36.2 Å². The van der Waals surface area contributed by atoms with E-state index < -0.39 is 5.63 Å². The van der Waals surface area contributed by atoms with Crippen LogP contribution in [0.15, 0.2) is 67.3 Å². The average molecular weight is 426 g/mol. The second-order valence-electron chi connectivity index (χ2n) is 6.15. The summed E-state index contributed by atoms with van der Waals surface area (Å²) in [6.07, 6.45) is 3.24. The van der Waals surface area contributed by atoms with E-state index in [-0.39, 0.29) is 24.8 Å². The predicted octanol–water partition coefficient (Wildman–Crippen LogP) is 3.62. The minimum Gasteiger partial charge on any atom is -0.465 e. The Hall–Kier alpha value is -3.17. The Labute approximate surface area is 174 Å². The van der Waals surface area contributed by atoms with E-state index >= 15 is 0 Å². The van der Waals surface area contributed by atoms with Crippen LogP contribution >= 0.6 is 24.0 Å². The first-order valence-electron chi connectivity index (χ1n) is 8.62. The first-order valence-corrected chi connectivity index (χ1v) is 9.85. The number of thiocarbonyl (C=S) groups is 1. The van der Waals surface area contributed by atoms with E-state index in [4.69, 9.17) is 21.1 Å². The number of anilines is 1. The van der Waals surface area contributed by atoms with Crippen molar-refractivity contribution in [3.05, 3.63) is 69.8 Å². The summed E-state index contributed by atoms with van der Waals surface area (Å²) in [5.74, 6) is 0.0612. The maximum atomic E-state index is 12.5. The molecule has 0 atom stereocenters. The van der Waals surface area contributed by atoms with E-state index in [0.29, 0.717) is 31.6 Å². The van der Waals surface area contributed by atoms with Gasteiger partial charge in [0.25, 0.3) is 5.91 Å². The smallest absolute Gasteiger partial charge is 0.336 e. The second-order valence-corrected chi connectivity index (χ2v) is 7.83. The van der Waals surface area contributed by atoms with Gasteiger partial charge in [-0.15, -0.1) is 0 Å². The minimum absolute atomic E-state index is 0.0857. The zero-order valence-electron chi connectivity index (χ0n) is 14.9. The molecule has 1 aliphatic rings. The van der Waals surface area contributed by atoms with Crippen LogP contribution in [0.1, 0.15) is 12.2 Å². The molecule has 7 nitrogen and oxygen atoms in total. The van der Waals surface area contributed by atoms with Crippen LogP contribution in [0.5, 0.6) is 0 Å². The van der Waals surface area contributed by atoms with Gasteiger partial charge in [0.1, 0.15) is 15.7 Å². The number of amides is 2. The molecule has 0 radical (unpaired) electrons. The van der Waals surface area contributed by atoms with E-state index in [2.05, 4.69) is 5.32 Å². The van der Waals surface area contributed by atoms with Crippen molar-refractivity contribution in [3.63, 3.8) is 0 Å². The lowest BCUT2D eigenvalue weighted by Crippen LogP contribution is -2.31. The first-order chi connectivity index (χ1) is 14.0. The fourth-order valence-corrected chi connectivity index (χ4v) is 4.07. The molecular formula is C20H14N2O5S2. The number of nitrogens with one attached hydrogen (secondary N) is 1. The number of furan rings is 1. The lowest BCUT2D eigenvalue weighted by Gasteiger charge is -2.14. The van der Waals surface area contributed by atoms with Gasteiger partial charge in [-0.1, -0.05) is 24.0 Å². The normalized spacial score (nSPS) is 15.4. The van der Waals surface area contributed by atoms with Gasteiger partial charge in [0.15, 0.2) is 0 Å². The number of thioether (sulfide) groups is 1. The number of benzene rings is 1. The molecule has 3 heterocycles. The Morgan fingerprint density at radius 3 is 2.86 bits per heavy atom. The molecule has 0 bridgehead atoms. The second kappa shape index (κ2) is 8.06. The molecular weight excluding hydrogens is 412 g/mol. The summed E-state index contributed by atoms with van der Waals surface area (Å²) in [6, 6.07) is 11.4. The molecule has 29 heavy (non-hydrogen) atoms. The molecule has 4 rings (SSSR count). The third-order valence-corrected chi connectivity index (χ3v) is 5.53. The van der Waals surface area contributed by atoms with Gasteiger partial charge in [0.05, 0.1) is 11.2 Å². The lowest BCUT2D eigenvalue weighted by atomic mass is 10.2. The molecule has 146 valence electrons. The van der Waals surface area contributed by atoms with Crippen LogP contribution in [0.25, 0.3) is 17.0 Å². The first kappa shape index (κ1) is 19.2. The molecule has 9 heteroatoms. The maximum absolute atomic E-state index is 12.5. The highest BCUT2D eigenvalue weighted by molar-refractivity contribution is 8.26. The molecule has 2 amide bonds. The van der Waals surface area contributed by atoms with Crippen molar-refractivity contribution in [2.75, 3.05) is 11.9 Å². The van der Waals surface area contributed by atoms with Crippen molar-refractivity contribution in [2.45, 2.75) is 6.42 Å². The highest BCUT2D eigenvalue weighted by atomic mass is 32.2. The Morgan fingerprint density at radius 1 is 1.21 bits per heavy atom. The number of carbonyl (C=O) groups excluding carboxylic acids is 2. The highest BCUT2D eigenvalue weighted by Gasteiger charge is 2.32. The summed E-state index contributed by atoms with van der Waals surface area (Å²) < 4.78 is 10.7. The van der Waals surface area contributed by atoms with E-state index in [1.807, 2.05) is 0 Å². The number of carbonyl (C=O) groups is 2. The van der Waals surface area contributed by atoms with Gasteiger partial charge in [0.2, 0.25) is 5.91 Å². The van der Waals surface area contributed by atoms with E-state index in [9.17, 15) is 14.4 Å². The van der Waals surface area contributed by atoms with Gasteiger partial charge in [-0.25, -0.2) is 4.79 Å². The van der Waals surface area contributed by atoms with Crippen LogP contribution in [0.4, 0.5) is 5.69 Å². The SMILES string of the molecule is O=C(CCN1C(=O)C(=Cc2ccco2)SC1=S)Nc1ccc2oc(=O)ccc2c1. The Bertz CT molecular complexity index is 1200. The topological polar surface area (TPSA) is 92.8 Å². The fourth-order valence-electron chi connectivity index (χ4n) is 2.78. The molecule has 1 aliphatic heterocycles. The van der Waals surface area contributed by atoms with E-state index in [1.165, 1.54) is 29.0 Å². The molecule has 0 aliphatic carbocycles. The highest BCUT2D eigenvalue weighted by Crippen LogP contribution is 2.32. The van der Waals surface area contributed by atoms with Crippen LogP contribution in [0.2, 0.25) is 0 Å². The van der Waals surface area contributed by atoms with Crippen molar-refractivity contribution in [1.29, 1.82) is 0 Å². The Balaban J connectivity index is 1.38. The van der Waals surface area contributed by atoms with Crippen LogP contribution in [0.3, 0.4) is 0 Å². The largest absolute Gasteiger partial charge is 0.465 e. The fraction of sp³-hybridized carbons (Fsp3) is 0.100. The molecule has 3 aromatic rings. The van der Waals surface area contributed by atoms with Crippen molar-refractivity contribution >= 4 is 62.8 Å². The van der Waals surface area contributed by atoms with Crippen LogP contribution in [-0.4, -0.2) is 27.6 Å². The van der Waals surface area contributed by atoms with Crippen LogP contribution < -0.4 is 10.9 Å². The Morgan fingerprint density at radius 2 is 2.07 bits per heavy atom. The molecule has 0 unspecified atom stereocenters. The number of rotatable bonds is 5. The van der Waals surface area contributed by atoms with Gasteiger partial charge in [-0.2, -0.15) is 0 Å². The summed E-state index contributed by atoms with van der Waals surface area (Å²) in [5.41, 5.74) is 0.578. The third kappa shape index (κ3) is 4.30. The lowest BCUT2D eigenvalue weighted by molar-refractivity contribution is -0.122. The zero-order valence-corrected chi connectivity index (χ0v) is 16.5. The van der Waals surface area contributed by atoms with Gasteiger partial charge < -0.3 is 14.2 Å².